The number of aliphatic carboxylic acids is 1. The molecule has 1 aromatic heterocycles. The molecule has 1 aromatic carbocycles. The summed E-state index contributed by atoms with van der Waals surface area (Å²) in [5, 5.41) is 13.8. The van der Waals surface area contributed by atoms with Crippen LogP contribution in [0.4, 0.5) is 4.39 Å². The normalized spacial score (nSPS) is 17.3. The predicted molar refractivity (Wildman–Crippen MR) is 93.7 cm³/mol. The average molecular weight is 359 g/mol. The summed E-state index contributed by atoms with van der Waals surface area (Å²) >= 11 is 0. The molecule has 1 atom stereocenters. The molecule has 1 aliphatic rings. The predicted octanol–water partition coefficient (Wildman–Crippen LogP) is 2.64. The zero-order chi connectivity index (χ0) is 18.8. The Hall–Kier alpha value is -2.70. The first-order chi connectivity index (χ1) is 12.4. The van der Waals surface area contributed by atoms with Gasteiger partial charge in [-0.3, -0.25) is 4.79 Å². The van der Waals surface area contributed by atoms with Gasteiger partial charge in [-0.15, -0.1) is 0 Å². The molecule has 0 bridgehead atoms. The number of benzene rings is 1. The summed E-state index contributed by atoms with van der Waals surface area (Å²) in [4.78, 5) is 25.7. The number of amides is 1. The van der Waals surface area contributed by atoms with E-state index >= 15 is 0 Å². The van der Waals surface area contributed by atoms with Gasteiger partial charge in [0.15, 0.2) is 0 Å². The third-order valence-electron chi connectivity index (χ3n) is 4.95. The van der Waals surface area contributed by atoms with Crippen LogP contribution < -0.4 is 0 Å². The van der Waals surface area contributed by atoms with E-state index in [9.17, 15) is 19.1 Å². The second kappa shape index (κ2) is 7.27. The van der Waals surface area contributed by atoms with E-state index in [2.05, 4.69) is 5.10 Å². The van der Waals surface area contributed by atoms with Gasteiger partial charge in [-0.1, -0.05) is 0 Å². The van der Waals surface area contributed by atoms with Crippen molar-refractivity contribution in [3.63, 3.8) is 0 Å². The third kappa shape index (κ3) is 3.47. The van der Waals surface area contributed by atoms with Crippen LogP contribution in [0.1, 0.15) is 36.2 Å². The van der Waals surface area contributed by atoms with Crippen molar-refractivity contribution in [1.82, 2.24) is 14.7 Å². The van der Waals surface area contributed by atoms with Crippen molar-refractivity contribution in [2.24, 2.45) is 0 Å². The van der Waals surface area contributed by atoms with Crippen molar-refractivity contribution in [3.05, 3.63) is 47.0 Å². The van der Waals surface area contributed by atoms with Gasteiger partial charge in [0.25, 0.3) is 0 Å². The quantitative estimate of drug-likeness (QED) is 0.911. The van der Waals surface area contributed by atoms with Crippen molar-refractivity contribution >= 4 is 11.9 Å². The number of likely N-dealkylation sites (tertiary alicyclic amines) is 1. The van der Waals surface area contributed by atoms with E-state index in [0.717, 1.165) is 24.1 Å². The highest BCUT2D eigenvalue weighted by Gasteiger charge is 2.32. The van der Waals surface area contributed by atoms with Gasteiger partial charge < -0.3 is 10.0 Å². The van der Waals surface area contributed by atoms with Gasteiger partial charge in [0.1, 0.15) is 11.9 Å². The van der Waals surface area contributed by atoms with Gasteiger partial charge in [0, 0.05) is 17.8 Å². The molecule has 7 heteroatoms. The lowest BCUT2D eigenvalue weighted by Gasteiger charge is -2.33. The number of rotatable bonds is 4. The van der Waals surface area contributed by atoms with Gasteiger partial charge in [0.2, 0.25) is 5.91 Å². The second-order valence-electron chi connectivity index (χ2n) is 6.65. The molecule has 1 fully saturated rings. The van der Waals surface area contributed by atoms with Gasteiger partial charge >= 0.3 is 5.97 Å². The molecule has 1 aliphatic heterocycles. The summed E-state index contributed by atoms with van der Waals surface area (Å²) < 4.78 is 14.8. The number of aryl methyl sites for hydroxylation is 1. The Morgan fingerprint density at radius 2 is 1.92 bits per heavy atom. The molecule has 1 amide bonds. The van der Waals surface area contributed by atoms with Crippen LogP contribution in [0.5, 0.6) is 0 Å². The molecule has 0 saturated carbocycles. The Labute approximate surface area is 151 Å². The molecule has 2 aromatic rings. The van der Waals surface area contributed by atoms with Crippen LogP contribution in [-0.4, -0.2) is 44.3 Å². The summed E-state index contributed by atoms with van der Waals surface area (Å²) in [5.74, 6) is -1.47. The Bertz CT molecular complexity index is 829. The van der Waals surface area contributed by atoms with Crippen LogP contribution in [0.2, 0.25) is 0 Å². The molecule has 3 rings (SSSR count). The lowest BCUT2D eigenvalue weighted by Crippen LogP contribution is -2.48. The van der Waals surface area contributed by atoms with Crippen LogP contribution in [0.3, 0.4) is 0 Å². The minimum Gasteiger partial charge on any atom is -0.480 e. The van der Waals surface area contributed by atoms with Gasteiger partial charge in [0.05, 0.1) is 17.8 Å². The Morgan fingerprint density at radius 3 is 2.58 bits per heavy atom. The number of aromatic nitrogens is 2. The number of halogens is 1. The van der Waals surface area contributed by atoms with Crippen molar-refractivity contribution in [2.75, 3.05) is 6.54 Å². The number of nitrogens with zero attached hydrogens (tertiary/aromatic N) is 3. The minimum absolute atomic E-state index is 0.114. The maximum atomic E-state index is 13.1. The molecule has 6 nitrogen and oxygen atoms in total. The van der Waals surface area contributed by atoms with Crippen LogP contribution in [0.25, 0.3) is 5.69 Å². The molecule has 0 unspecified atom stereocenters. The van der Waals surface area contributed by atoms with Crippen molar-refractivity contribution < 1.29 is 19.1 Å². The number of hydrogen-bond donors (Lipinski definition) is 1. The van der Waals surface area contributed by atoms with E-state index in [1.165, 1.54) is 17.0 Å². The van der Waals surface area contributed by atoms with Crippen molar-refractivity contribution in [3.8, 4) is 5.69 Å². The van der Waals surface area contributed by atoms with E-state index in [1.54, 1.807) is 16.8 Å². The molecule has 0 radical (unpaired) electrons. The van der Waals surface area contributed by atoms with E-state index in [0.29, 0.717) is 24.3 Å². The molecule has 0 spiro atoms. The zero-order valence-electron chi connectivity index (χ0n) is 14.9. The summed E-state index contributed by atoms with van der Waals surface area (Å²) in [6, 6.07) is 5.24. The van der Waals surface area contributed by atoms with E-state index in [-0.39, 0.29) is 18.1 Å². The minimum atomic E-state index is -0.950. The van der Waals surface area contributed by atoms with Crippen LogP contribution in [0, 0.1) is 19.7 Å². The Morgan fingerprint density at radius 1 is 1.23 bits per heavy atom. The largest absolute Gasteiger partial charge is 0.480 e. The van der Waals surface area contributed by atoms with Crippen molar-refractivity contribution in [1.29, 1.82) is 0 Å². The SMILES string of the molecule is Cc1nn(-c2ccc(F)cc2)c(C)c1CC(=O)N1CCCC[C@@H]1C(=O)O. The first kappa shape index (κ1) is 18.1. The molecule has 1 saturated heterocycles. The number of hydrogen-bond acceptors (Lipinski definition) is 3. The zero-order valence-corrected chi connectivity index (χ0v) is 14.9. The second-order valence-corrected chi connectivity index (χ2v) is 6.65. The number of piperidine rings is 1. The molecule has 2 heterocycles. The first-order valence-electron chi connectivity index (χ1n) is 8.72. The highest BCUT2D eigenvalue weighted by Crippen LogP contribution is 2.22. The number of carbonyl (C=O) groups is 2. The monoisotopic (exact) mass is 359 g/mol. The highest BCUT2D eigenvalue weighted by atomic mass is 19.1. The smallest absolute Gasteiger partial charge is 0.326 e. The van der Waals surface area contributed by atoms with Crippen LogP contribution >= 0.6 is 0 Å². The van der Waals surface area contributed by atoms with Gasteiger partial charge in [-0.2, -0.15) is 5.10 Å². The maximum absolute atomic E-state index is 13.1. The average Bonchev–Trinajstić information content (AvgIpc) is 2.90. The van der Waals surface area contributed by atoms with Crippen molar-refractivity contribution in [2.45, 2.75) is 45.6 Å². The lowest BCUT2D eigenvalue weighted by atomic mass is 10.0. The molecule has 1 N–H and O–H groups in total. The molecule has 138 valence electrons. The molecule has 0 aliphatic carbocycles. The lowest BCUT2D eigenvalue weighted by molar-refractivity contribution is -0.151. The first-order valence-corrected chi connectivity index (χ1v) is 8.72. The summed E-state index contributed by atoms with van der Waals surface area (Å²) in [7, 11) is 0. The molecule has 26 heavy (non-hydrogen) atoms. The summed E-state index contributed by atoms with van der Waals surface area (Å²) in [5.41, 5.74) is 3.01. The van der Waals surface area contributed by atoms with E-state index in [4.69, 9.17) is 0 Å². The third-order valence-corrected chi connectivity index (χ3v) is 4.95. The van der Waals surface area contributed by atoms with Crippen LogP contribution in [0.15, 0.2) is 24.3 Å². The fraction of sp³-hybridized carbons (Fsp3) is 0.421. The number of carbonyl (C=O) groups excluding carboxylic acids is 1. The van der Waals surface area contributed by atoms with Gasteiger partial charge in [-0.05, 0) is 57.4 Å². The van der Waals surface area contributed by atoms with E-state index in [1.807, 2.05) is 13.8 Å². The number of carboxylic acids is 1. The summed E-state index contributed by atoms with van der Waals surface area (Å²) in [6.07, 6.45) is 2.25. The highest BCUT2D eigenvalue weighted by molar-refractivity contribution is 5.85. The number of carboxylic acid groups (broad SMARTS) is 1. The molecular weight excluding hydrogens is 337 g/mol. The topological polar surface area (TPSA) is 75.4 Å². The fourth-order valence-electron chi connectivity index (χ4n) is 3.50. The summed E-state index contributed by atoms with van der Waals surface area (Å²) in [6.45, 7) is 4.15. The Kier molecular flexibility index (Phi) is 5.06. The fourth-order valence-corrected chi connectivity index (χ4v) is 3.50. The molecular formula is C19H22FN3O3. The Balaban J connectivity index is 1.84. The standard InChI is InChI=1S/C19H22FN3O3/c1-12-16(11-18(24)22-10-4-3-5-17(22)19(25)26)13(2)23(21-12)15-8-6-14(20)7-9-15/h6-9,17H,3-5,10-11H2,1-2H3,(H,25,26)/t17-/m1/s1. The van der Waals surface area contributed by atoms with E-state index < -0.39 is 12.0 Å². The maximum Gasteiger partial charge on any atom is 0.326 e. The van der Waals surface area contributed by atoms with Crippen LogP contribution in [-0.2, 0) is 16.0 Å². The van der Waals surface area contributed by atoms with Gasteiger partial charge in [-0.25, -0.2) is 13.9 Å².